The van der Waals surface area contributed by atoms with E-state index >= 15 is 0 Å². The number of nitrogens with zero attached hydrogens (tertiary/aromatic N) is 3. The number of hydrogen-bond acceptors (Lipinski definition) is 6. The molecule has 1 aromatic heterocycles. The maximum atomic E-state index is 13.5. The Bertz CT molecular complexity index is 1430. The van der Waals surface area contributed by atoms with Gasteiger partial charge in [0, 0.05) is 34.3 Å². The number of rotatable bonds is 1. The van der Waals surface area contributed by atoms with Gasteiger partial charge in [0.1, 0.15) is 27.9 Å². The standard InChI is InChI=1S/C24H22B2ClN3O4S/c25-24(26)14-5-3-6-15(27)19(14)20(13-4-1-2-7-17(13)35-24)30-18-12-34-11-10-28(18)23(33)21-22(32)16(31)8-9-29(21)30/h1-9,18,20,32H,10-12,25-26H2/t18-,20-/m1/s1. The molecule has 3 aromatic rings. The number of hydrogen-bond donors (Lipinski definition) is 1. The third-order valence-corrected chi connectivity index (χ3v) is 8.64. The van der Waals surface area contributed by atoms with Crippen molar-refractivity contribution in [1.82, 2.24) is 9.58 Å². The van der Waals surface area contributed by atoms with Crippen LogP contribution in [0.3, 0.4) is 0 Å². The monoisotopic (exact) mass is 505 g/mol. The number of fused-ring (bicyclic) bond motifs is 4. The van der Waals surface area contributed by atoms with Crippen LogP contribution in [0, 0.1) is 0 Å². The lowest BCUT2D eigenvalue weighted by atomic mass is 9.63. The van der Waals surface area contributed by atoms with Crippen LogP contribution in [0.4, 0.5) is 0 Å². The predicted molar refractivity (Wildman–Crippen MR) is 141 cm³/mol. The summed E-state index contributed by atoms with van der Waals surface area (Å²) < 4.78 is 7.18. The first-order valence-corrected chi connectivity index (χ1v) is 12.7. The minimum absolute atomic E-state index is 0.0436. The summed E-state index contributed by atoms with van der Waals surface area (Å²) in [5, 5.41) is 13.4. The van der Waals surface area contributed by atoms with Crippen molar-refractivity contribution < 1.29 is 14.6 Å². The summed E-state index contributed by atoms with van der Waals surface area (Å²) in [6, 6.07) is 15.0. The van der Waals surface area contributed by atoms with Crippen LogP contribution in [0.1, 0.15) is 33.2 Å². The molecule has 0 unspecified atom stereocenters. The summed E-state index contributed by atoms with van der Waals surface area (Å²) in [5.74, 6) is -0.941. The van der Waals surface area contributed by atoms with Crippen LogP contribution in [0.25, 0.3) is 0 Å². The summed E-state index contributed by atoms with van der Waals surface area (Å²) in [7, 11) is 4.36. The summed E-state index contributed by atoms with van der Waals surface area (Å²) >= 11 is 8.72. The van der Waals surface area contributed by atoms with Crippen molar-refractivity contribution in [2.75, 3.05) is 24.8 Å². The zero-order valence-corrected chi connectivity index (χ0v) is 20.8. The predicted octanol–water partition coefficient (Wildman–Crippen LogP) is 1.23. The number of carbonyl (C=O) groups excluding carboxylic acids is 1. The smallest absolute Gasteiger partial charge is 0.278 e. The number of amides is 1. The molecule has 1 saturated heterocycles. The molecule has 2 atom stereocenters. The number of benzene rings is 2. The summed E-state index contributed by atoms with van der Waals surface area (Å²) in [6.07, 6.45) is 1.10. The molecular formula is C24H22B2ClN3O4S. The molecule has 1 fully saturated rings. The molecule has 0 spiro atoms. The van der Waals surface area contributed by atoms with E-state index in [1.807, 2.05) is 29.3 Å². The van der Waals surface area contributed by atoms with Crippen LogP contribution < -0.4 is 10.4 Å². The van der Waals surface area contributed by atoms with Crippen LogP contribution in [0.5, 0.6) is 5.75 Å². The van der Waals surface area contributed by atoms with Gasteiger partial charge in [-0.3, -0.25) is 19.3 Å². The third kappa shape index (κ3) is 3.34. The van der Waals surface area contributed by atoms with Crippen molar-refractivity contribution in [1.29, 1.82) is 0 Å². The van der Waals surface area contributed by atoms with Gasteiger partial charge in [-0.05, 0) is 27.8 Å². The molecule has 4 heterocycles. The van der Waals surface area contributed by atoms with Gasteiger partial charge in [-0.15, -0.1) is 11.8 Å². The molecule has 0 radical (unpaired) electrons. The van der Waals surface area contributed by atoms with Crippen molar-refractivity contribution in [2.24, 2.45) is 0 Å². The van der Waals surface area contributed by atoms with E-state index in [2.05, 4.69) is 33.9 Å². The van der Waals surface area contributed by atoms with Crippen molar-refractivity contribution in [3.05, 3.63) is 92.4 Å². The van der Waals surface area contributed by atoms with E-state index in [-0.39, 0.29) is 22.8 Å². The molecule has 0 aliphatic carbocycles. The van der Waals surface area contributed by atoms with Crippen molar-refractivity contribution in [2.45, 2.75) is 21.6 Å². The molecule has 7 nitrogen and oxygen atoms in total. The van der Waals surface area contributed by atoms with Gasteiger partial charge in [0.15, 0.2) is 11.4 Å². The first-order chi connectivity index (χ1) is 16.8. The zero-order valence-electron chi connectivity index (χ0n) is 19.3. The lowest BCUT2D eigenvalue weighted by molar-refractivity contribution is -0.0197. The van der Waals surface area contributed by atoms with Gasteiger partial charge >= 0.3 is 0 Å². The minimum Gasteiger partial charge on any atom is -0.502 e. The molecular weight excluding hydrogens is 483 g/mol. The maximum absolute atomic E-state index is 13.5. The van der Waals surface area contributed by atoms with Gasteiger partial charge in [0.05, 0.1) is 13.2 Å². The number of carbonyl (C=O) groups is 1. The molecule has 35 heavy (non-hydrogen) atoms. The van der Waals surface area contributed by atoms with Crippen LogP contribution in [0.15, 0.2) is 64.4 Å². The highest BCUT2D eigenvalue weighted by Gasteiger charge is 2.47. The number of aromatic hydroxyl groups is 1. The van der Waals surface area contributed by atoms with Crippen LogP contribution in [-0.4, -0.2) is 62.2 Å². The van der Waals surface area contributed by atoms with Gasteiger partial charge in [-0.2, -0.15) is 0 Å². The van der Waals surface area contributed by atoms with Crippen molar-refractivity contribution in [3.8, 4) is 5.75 Å². The van der Waals surface area contributed by atoms with Crippen LogP contribution in [0.2, 0.25) is 5.02 Å². The van der Waals surface area contributed by atoms with E-state index in [1.165, 1.54) is 6.07 Å². The fourth-order valence-corrected chi connectivity index (χ4v) is 6.99. The van der Waals surface area contributed by atoms with Gasteiger partial charge < -0.3 is 14.7 Å². The van der Waals surface area contributed by atoms with Gasteiger partial charge in [-0.1, -0.05) is 41.9 Å². The SMILES string of the molecule is BC1(B)Sc2ccccc2[C@@H](N2[C@@H]3COCCN3C(=O)c3c(O)c(=O)ccn32)c2c(Cl)cccc21. The summed E-state index contributed by atoms with van der Waals surface area (Å²) in [5.41, 5.74) is 2.41. The van der Waals surface area contributed by atoms with E-state index < -0.39 is 23.4 Å². The van der Waals surface area contributed by atoms with E-state index in [4.69, 9.17) is 16.3 Å². The second-order valence-corrected chi connectivity index (χ2v) is 11.5. The first kappa shape index (κ1) is 22.6. The Balaban J connectivity index is 1.71. The second-order valence-electron chi connectivity index (χ2n) is 9.41. The Morgan fingerprint density at radius 3 is 2.74 bits per heavy atom. The van der Waals surface area contributed by atoms with Gasteiger partial charge in [0.25, 0.3) is 5.91 Å². The molecule has 2 aromatic carbocycles. The second kappa shape index (κ2) is 8.11. The average molecular weight is 506 g/mol. The van der Waals surface area contributed by atoms with E-state index in [0.717, 1.165) is 21.6 Å². The van der Waals surface area contributed by atoms with Crippen molar-refractivity contribution >= 4 is 45.0 Å². The Hall–Kier alpha value is -2.81. The Kier molecular flexibility index (Phi) is 5.25. The molecule has 1 N–H and O–H groups in total. The number of pyridine rings is 1. The molecule has 3 aliphatic heterocycles. The fraction of sp³-hybridized carbons (Fsp3) is 0.250. The largest absolute Gasteiger partial charge is 0.502 e. The molecule has 6 rings (SSSR count). The normalized spacial score (nSPS) is 22.5. The van der Waals surface area contributed by atoms with E-state index in [9.17, 15) is 14.7 Å². The molecule has 3 aliphatic rings. The maximum Gasteiger partial charge on any atom is 0.278 e. The van der Waals surface area contributed by atoms with Gasteiger partial charge in [-0.25, -0.2) is 0 Å². The Labute approximate surface area is 213 Å². The number of aromatic nitrogens is 1. The average Bonchev–Trinajstić information content (AvgIpc) is 2.94. The lowest BCUT2D eigenvalue weighted by Gasteiger charge is -2.51. The Morgan fingerprint density at radius 1 is 1.11 bits per heavy atom. The van der Waals surface area contributed by atoms with Crippen LogP contribution >= 0.6 is 23.4 Å². The highest BCUT2D eigenvalue weighted by molar-refractivity contribution is 8.02. The zero-order chi connectivity index (χ0) is 24.5. The molecule has 1 amide bonds. The van der Waals surface area contributed by atoms with Crippen molar-refractivity contribution in [3.63, 3.8) is 0 Å². The highest BCUT2D eigenvalue weighted by atomic mass is 35.5. The Morgan fingerprint density at radius 2 is 1.91 bits per heavy atom. The number of ether oxygens (including phenoxy) is 1. The molecule has 176 valence electrons. The summed E-state index contributed by atoms with van der Waals surface area (Å²) in [4.78, 5) is 28.6. The molecule has 0 saturated carbocycles. The molecule has 11 heteroatoms. The lowest BCUT2D eigenvalue weighted by Crippen LogP contribution is -2.66. The quantitative estimate of drug-likeness (QED) is 0.502. The highest BCUT2D eigenvalue weighted by Crippen LogP contribution is 2.51. The number of halogens is 1. The number of morpholine rings is 1. The third-order valence-electron chi connectivity index (χ3n) is 6.99. The molecule has 0 bridgehead atoms. The first-order valence-electron chi connectivity index (χ1n) is 11.5. The number of thioether (sulfide) groups is 1. The summed E-state index contributed by atoms with van der Waals surface area (Å²) in [6.45, 7) is 1.02. The topological polar surface area (TPSA) is 75.0 Å². The minimum atomic E-state index is -0.590. The fourth-order valence-electron chi connectivity index (χ4n) is 5.43. The van der Waals surface area contributed by atoms with E-state index in [0.29, 0.717) is 18.2 Å². The van der Waals surface area contributed by atoms with E-state index in [1.54, 1.807) is 27.5 Å². The van der Waals surface area contributed by atoms with Gasteiger partial charge in [0.2, 0.25) is 5.43 Å². The van der Waals surface area contributed by atoms with Crippen LogP contribution in [-0.2, 0) is 9.28 Å².